The Balaban J connectivity index is 0.00000200. The molecule has 2 nitrogen and oxygen atoms in total. The van der Waals surface area contributed by atoms with Crippen LogP contribution in [0.15, 0.2) is 12.1 Å². The van der Waals surface area contributed by atoms with E-state index in [9.17, 15) is 8.78 Å². The van der Waals surface area contributed by atoms with Crippen molar-refractivity contribution in [2.24, 2.45) is 0 Å². The van der Waals surface area contributed by atoms with E-state index in [4.69, 9.17) is 0 Å². The van der Waals surface area contributed by atoms with Crippen molar-refractivity contribution in [2.45, 2.75) is 32.7 Å². The van der Waals surface area contributed by atoms with Gasteiger partial charge in [0.05, 0.1) is 0 Å². The number of nitrogens with zero attached hydrogens (tertiary/aromatic N) is 1. The van der Waals surface area contributed by atoms with Crippen molar-refractivity contribution in [1.82, 2.24) is 10.2 Å². The predicted octanol–water partition coefficient (Wildman–Crippen LogP) is 3.86. The molecule has 6 heteroatoms. The lowest BCUT2D eigenvalue weighted by Crippen LogP contribution is -2.45. The maximum absolute atomic E-state index is 14.3. The molecule has 2 rings (SSSR count). The zero-order chi connectivity index (χ0) is 13.8. The lowest BCUT2D eigenvalue weighted by molar-refractivity contribution is 0.158. The van der Waals surface area contributed by atoms with Gasteiger partial charge in [0, 0.05) is 37.8 Å². The SMILES string of the molecule is CCC[C@H](c1c(F)ccc(C)c1F)N1CCNCC1.Cl.Cl. The smallest absolute Gasteiger partial charge is 0.133 e. The summed E-state index contributed by atoms with van der Waals surface area (Å²) in [4.78, 5) is 2.20. The third kappa shape index (κ3) is 4.78. The number of rotatable bonds is 4. The number of aryl methyl sites for hydroxylation is 1. The van der Waals surface area contributed by atoms with Gasteiger partial charge >= 0.3 is 0 Å². The van der Waals surface area contributed by atoms with Crippen LogP contribution >= 0.6 is 24.8 Å². The van der Waals surface area contributed by atoms with Crippen LogP contribution in [0.1, 0.15) is 36.9 Å². The van der Waals surface area contributed by atoms with E-state index < -0.39 is 5.82 Å². The van der Waals surface area contributed by atoms with Gasteiger partial charge < -0.3 is 5.32 Å². The average molecular weight is 341 g/mol. The second-order valence-electron chi connectivity index (χ2n) is 5.18. The Morgan fingerprint density at radius 3 is 2.38 bits per heavy atom. The molecule has 0 unspecified atom stereocenters. The molecule has 0 spiro atoms. The molecule has 1 saturated heterocycles. The zero-order valence-corrected chi connectivity index (χ0v) is 14.1. The number of nitrogens with one attached hydrogen (secondary N) is 1. The van der Waals surface area contributed by atoms with E-state index in [1.807, 2.05) is 0 Å². The molecular weight excluding hydrogens is 317 g/mol. The summed E-state index contributed by atoms with van der Waals surface area (Å²) >= 11 is 0. The van der Waals surface area contributed by atoms with Crippen molar-refractivity contribution >= 4 is 24.8 Å². The molecule has 1 heterocycles. The fourth-order valence-electron chi connectivity index (χ4n) is 2.76. The van der Waals surface area contributed by atoms with E-state index in [2.05, 4.69) is 17.1 Å². The molecule has 0 amide bonds. The summed E-state index contributed by atoms with van der Waals surface area (Å²) in [6.45, 7) is 7.21. The zero-order valence-electron chi connectivity index (χ0n) is 12.5. The van der Waals surface area contributed by atoms with Gasteiger partial charge in [0.2, 0.25) is 0 Å². The van der Waals surface area contributed by atoms with Crippen LogP contribution in [0.3, 0.4) is 0 Å². The van der Waals surface area contributed by atoms with Crippen LogP contribution < -0.4 is 5.32 Å². The topological polar surface area (TPSA) is 15.3 Å². The second-order valence-corrected chi connectivity index (χ2v) is 5.18. The van der Waals surface area contributed by atoms with E-state index in [-0.39, 0.29) is 42.2 Å². The third-order valence-corrected chi connectivity index (χ3v) is 3.81. The minimum atomic E-state index is -0.417. The highest BCUT2D eigenvalue weighted by molar-refractivity contribution is 5.85. The van der Waals surface area contributed by atoms with E-state index >= 15 is 0 Å². The van der Waals surface area contributed by atoms with Crippen molar-refractivity contribution < 1.29 is 8.78 Å². The first-order valence-electron chi connectivity index (χ1n) is 7.04. The number of piperazine rings is 1. The Labute approximate surface area is 138 Å². The van der Waals surface area contributed by atoms with Crippen LogP contribution in [0.2, 0.25) is 0 Å². The van der Waals surface area contributed by atoms with Crippen LogP contribution in [0.25, 0.3) is 0 Å². The molecule has 1 N–H and O–H groups in total. The first kappa shape index (κ1) is 20.6. The Morgan fingerprint density at radius 1 is 1.19 bits per heavy atom. The first-order valence-corrected chi connectivity index (χ1v) is 7.04. The Bertz CT molecular complexity index is 438. The summed E-state index contributed by atoms with van der Waals surface area (Å²) in [6.07, 6.45) is 1.71. The molecule has 0 aromatic heterocycles. The molecule has 1 aliphatic rings. The van der Waals surface area contributed by atoms with Crippen molar-refractivity contribution in [3.05, 3.63) is 34.9 Å². The normalized spacial score (nSPS) is 16.8. The summed E-state index contributed by atoms with van der Waals surface area (Å²) in [5.74, 6) is -0.794. The molecule has 1 aromatic carbocycles. The number of hydrogen-bond acceptors (Lipinski definition) is 2. The molecular formula is C15H24Cl2F2N2. The van der Waals surface area contributed by atoms with Crippen LogP contribution in [0.4, 0.5) is 8.78 Å². The Hall–Kier alpha value is -0.420. The Morgan fingerprint density at radius 2 is 1.81 bits per heavy atom. The molecule has 1 aromatic rings. The number of halogens is 4. The number of hydrogen-bond donors (Lipinski definition) is 1. The van der Waals surface area contributed by atoms with E-state index in [0.717, 1.165) is 39.0 Å². The summed E-state index contributed by atoms with van der Waals surface area (Å²) in [7, 11) is 0. The fourth-order valence-corrected chi connectivity index (χ4v) is 2.76. The summed E-state index contributed by atoms with van der Waals surface area (Å²) in [5, 5.41) is 3.27. The molecule has 0 aliphatic carbocycles. The van der Waals surface area contributed by atoms with Gasteiger partial charge in [0.1, 0.15) is 11.6 Å². The van der Waals surface area contributed by atoms with Crippen LogP contribution in [0.5, 0.6) is 0 Å². The highest BCUT2D eigenvalue weighted by Gasteiger charge is 2.27. The van der Waals surface area contributed by atoms with Crippen molar-refractivity contribution in [1.29, 1.82) is 0 Å². The summed E-state index contributed by atoms with van der Waals surface area (Å²) < 4.78 is 28.4. The number of benzene rings is 1. The van der Waals surface area contributed by atoms with E-state index in [0.29, 0.717) is 5.56 Å². The minimum absolute atomic E-state index is 0. The molecule has 1 atom stereocenters. The van der Waals surface area contributed by atoms with Gasteiger partial charge in [-0.1, -0.05) is 19.4 Å². The van der Waals surface area contributed by atoms with Crippen LogP contribution in [-0.2, 0) is 0 Å². The lowest BCUT2D eigenvalue weighted by atomic mass is 9.97. The average Bonchev–Trinajstić information content (AvgIpc) is 2.43. The molecule has 1 aliphatic heterocycles. The van der Waals surface area contributed by atoms with Gasteiger partial charge in [-0.25, -0.2) is 8.78 Å². The molecule has 0 saturated carbocycles. The van der Waals surface area contributed by atoms with Crippen LogP contribution in [-0.4, -0.2) is 31.1 Å². The first-order chi connectivity index (χ1) is 9.15. The minimum Gasteiger partial charge on any atom is -0.314 e. The van der Waals surface area contributed by atoms with Crippen molar-refractivity contribution in [2.75, 3.05) is 26.2 Å². The second kappa shape index (κ2) is 9.57. The highest BCUT2D eigenvalue weighted by Crippen LogP contribution is 2.31. The summed E-state index contributed by atoms with van der Waals surface area (Å²) in [5.41, 5.74) is 0.774. The molecule has 0 radical (unpaired) electrons. The van der Waals surface area contributed by atoms with Gasteiger partial charge in [-0.3, -0.25) is 4.90 Å². The highest BCUT2D eigenvalue weighted by atomic mass is 35.5. The quantitative estimate of drug-likeness (QED) is 0.895. The van der Waals surface area contributed by atoms with Gasteiger partial charge in [0.15, 0.2) is 0 Å². The van der Waals surface area contributed by atoms with Crippen molar-refractivity contribution in [3.8, 4) is 0 Å². The van der Waals surface area contributed by atoms with Gasteiger partial charge in [0.25, 0.3) is 0 Å². The lowest BCUT2D eigenvalue weighted by Gasteiger charge is -2.35. The van der Waals surface area contributed by atoms with Gasteiger partial charge in [-0.05, 0) is 25.0 Å². The Kier molecular flexibility index (Phi) is 9.38. The van der Waals surface area contributed by atoms with Gasteiger partial charge in [-0.15, -0.1) is 24.8 Å². The van der Waals surface area contributed by atoms with E-state index in [1.165, 1.54) is 12.1 Å². The van der Waals surface area contributed by atoms with Gasteiger partial charge in [-0.2, -0.15) is 0 Å². The van der Waals surface area contributed by atoms with E-state index in [1.54, 1.807) is 6.92 Å². The molecule has 21 heavy (non-hydrogen) atoms. The summed E-state index contributed by atoms with van der Waals surface area (Å²) in [6, 6.07) is 2.75. The largest absolute Gasteiger partial charge is 0.314 e. The maximum Gasteiger partial charge on any atom is 0.133 e. The molecule has 1 fully saturated rings. The van der Waals surface area contributed by atoms with Crippen molar-refractivity contribution in [3.63, 3.8) is 0 Å². The maximum atomic E-state index is 14.3. The fraction of sp³-hybridized carbons (Fsp3) is 0.600. The predicted molar refractivity (Wildman–Crippen MR) is 87.7 cm³/mol. The third-order valence-electron chi connectivity index (χ3n) is 3.81. The molecule has 0 bridgehead atoms. The van der Waals surface area contributed by atoms with Crippen LogP contribution in [0, 0.1) is 18.6 Å². The monoisotopic (exact) mass is 340 g/mol. The standard InChI is InChI=1S/C15H22F2N2.2ClH/c1-3-4-13(19-9-7-18-8-10-19)14-12(16)6-5-11(2)15(14)17;;/h5-6,13,18H,3-4,7-10H2,1-2H3;2*1H/t13-;;/m1../s1. The molecule has 122 valence electrons.